The summed E-state index contributed by atoms with van der Waals surface area (Å²) in [5, 5.41) is 7.14. The molecule has 9 heteroatoms. The molecule has 0 radical (unpaired) electrons. The summed E-state index contributed by atoms with van der Waals surface area (Å²) >= 11 is 11.7. The number of nitrogens with zero attached hydrogens (tertiary/aromatic N) is 1. The molecular weight excluding hydrogens is 369 g/mol. The van der Waals surface area contributed by atoms with Crippen LogP contribution in [0.3, 0.4) is 0 Å². The van der Waals surface area contributed by atoms with Crippen LogP contribution in [0.2, 0.25) is 10.0 Å². The van der Waals surface area contributed by atoms with E-state index in [0.29, 0.717) is 21.4 Å². The first kappa shape index (κ1) is 20.9. The lowest BCUT2D eigenvalue weighted by atomic mass is 10.2. The van der Waals surface area contributed by atoms with Crippen molar-refractivity contribution >= 4 is 52.4 Å². The fourth-order valence-corrected chi connectivity index (χ4v) is 2.16. The third-order valence-electron chi connectivity index (χ3n) is 2.86. The van der Waals surface area contributed by atoms with Crippen LogP contribution in [-0.2, 0) is 19.1 Å². The number of ether oxygens (including phenoxy) is 1. The Morgan fingerprint density at radius 1 is 1.16 bits per heavy atom. The van der Waals surface area contributed by atoms with Gasteiger partial charge in [0.1, 0.15) is 0 Å². The number of hydrogen-bond acceptors (Lipinski definition) is 5. The van der Waals surface area contributed by atoms with E-state index in [4.69, 9.17) is 27.9 Å². The Kier molecular flexibility index (Phi) is 8.94. The lowest BCUT2D eigenvalue weighted by Crippen LogP contribution is -2.22. The first-order valence-electron chi connectivity index (χ1n) is 7.54. The topological polar surface area (TPSA) is 96.9 Å². The van der Waals surface area contributed by atoms with Crippen molar-refractivity contribution in [2.75, 3.05) is 11.9 Å². The minimum atomic E-state index is -0.444. The van der Waals surface area contributed by atoms with Crippen molar-refractivity contribution in [2.45, 2.75) is 33.1 Å². The third kappa shape index (κ3) is 8.51. The van der Waals surface area contributed by atoms with Crippen LogP contribution >= 0.6 is 23.2 Å². The molecule has 0 aromatic heterocycles. The Morgan fingerprint density at radius 2 is 1.84 bits per heavy atom. The fourth-order valence-electron chi connectivity index (χ4n) is 1.70. The zero-order valence-corrected chi connectivity index (χ0v) is 15.4. The van der Waals surface area contributed by atoms with Gasteiger partial charge in [0.2, 0.25) is 11.8 Å². The molecule has 0 bridgehead atoms. The zero-order chi connectivity index (χ0) is 18.8. The average molecular weight is 388 g/mol. The van der Waals surface area contributed by atoms with Crippen LogP contribution in [0, 0.1) is 0 Å². The number of nitrogens with one attached hydrogen (secondary N) is 2. The van der Waals surface area contributed by atoms with E-state index >= 15 is 0 Å². The van der Waals surface area contributed by atoms with Crippen LogP contribution in [0.4, 0.5) is 5.69 Å². The van der Waals surface area contributed by atoms with E-state index in [9.17, 15) is 14.4 Å². The number of anilines is 1. The molecule has 0 heterocycles. The monoisotopic (exact) mass is 387 g/mol. The van der Waals surface area contributed by atoms with Crippen molar-refractivity contribution in [2.24, 2.45) is 5.10 Å². The molecule has 0 spiro atoms. The Hall–Kier alpha value is -2.12. The lowest BCUT2D eigenvalue weighted by molar-refractivity contribution is -0.141. The standard InChI is InChI=1S/C16H19Cl2N3O4/c1-3-25-16(24)8-10(2)20-21-15(23)7-6-14(22)19-13-5-4-11(17)9-12(13)18/h4-5,9H,3,6-8H2,1-2H3,(H,19,22)(H,21,23). The SMILES string of the molecule is CCOC(=O)CC(C)=NNC(=O)CCC(=O)Nc1ccc(Cl)cc1Cl. The second kappa shape index (κ2) is 10.7. The van der Waals surface area contributed by atoms with Gasteiger partial charge in [-0.05, 0) is 32.0 Å². The summed E-state index contributed by atoms with van der Waals surface area (Å²) in [7, 11) is 0. The van der Waals surface area contributed by atoms with E-state index in [-0.39, 0.29) is 31.8 Å². The molecule has 0 atom stereocenters. The van der Waals surface area contributed by atoms with Gasteiger partial charge < -0.3 is 10.1 Å². The number of rotatable bonds is 8. The van der Waals surface area contributed by atoms with E-state index in [1.165, 1.54) is 6.07 Å². The minimum absolute atomic E-state index is 0.0102. The Bertz CT molecular complexity index is 677. The molecule has 1 rings (SSSR count). The van der Waals surface area contributed by atoms with Gasteiger partial charge in [0.15, 0.2) is 0 Å². The van der Waals surface area contributed by atoms with Gasteiger partial charge in [-0.2, -0.15) is 5.10 Å². The fraction of sp³-hybridized carbons (Fsp3) is 0.375. The summed E-state index contributed by atoms with van der Waals surface area (Å²) in [6.07, 6.45) is -0.117. The normalized spacial score (nSPS) is 11.0. The molecule has 0 aliphatic carbocycles. The maximum atomic E-state index is 11.8. The maximum Gasteiger partial charge on any atom is 0.311 e. The van der Waals surface area contributed by atoms with Crippen molar-refractivity contribution < 1.29 is 19.1 Å². The predicted octanol–water partition coefficient (Wildman–Crippen LogP) is 3.16. The average Bonchev–Trinajstić information content (AvgIpc) is 2.54. The first-order valence-corrected chi connectivity index (χ1v) is 8.30. The molecule has 0 fully saturated rings. The summed E-state index contributed by atoms with van der Waals surface area (Å²) in [5.41, 5.74) is 3.11. The lowest BCUT2D eigenvalue weighted by Gasteiger charge is -2.07. The largest absolute Gasteiger partial charge is 0.466 e. The Labute approximate surface area is 155 Å². The molecule has 136 valence electrons. The second-order valence-corrected chi connectivity index (χ2v) is 5.88. The van der Waals surface area contributed by atoms with Crippen LogP contribution in [-0.4, -0.2) is 30.1 Å². The summed E-state index contributed by atoms with van der Waals surface area (Å²) in [6.45, 7) is 3.58. The van der Waals surface area contributed by atoms with Gasteiger partial charge in [-0.3, -0.25) is 14.4 Å². The van der Waals surface area contributed by atoms with Crippen LogP contribution in [0.15, 0.2) is 23.3 Å². The zero-order valence-electron chi connectivity index (χ0n) is 13.9. The minimum Gasteiger partial charge on any atom is -0.466 e. The van der Waals surface area contributed by atoms with Crippen LogP contribution < -0.4 is 10.7 Å². The van der Waals surface area contributed by atoms with E-state index in [1.807, 2.05) is 0 Å². The molecule has 2 N–H and O–H groups in total. The van der Waals surface area contributed by atoms with E-state index in [1.54, 1.807) is 26.0 Å². The molecule has 25 heavy (non-hydrogen) atoms. The van der Waals surface area contributed by atoms with Gasteiger partial charge in [-0.15, -0.1) is 0 Å². The predicted molar refractivity (Wildman–Crippen MR) is 96.8 cm³/mol. The third-order valence-corrected chi connectivity index (χ3v) is 3.41. The summed E-state index contributed by atoms with van der Waals surface area (Å²) in [6, 6.07) is 4.68. The van der Waals surface area contributed by atoms with Crippen LogP contribution in [0.5, 0.6) is 0 Å². The van der Waals surface area contributed by atoms with E-state index in [2.05, 4.69) is 15.8 Å². The molecule has 1 aromatic carbocycles. The van der Waals surface area contributed by atoms with Gasteiger partial charge in [-0.1, -0.05) is 23.2 Å². The highest BCUT2D eigenvalue weighted by molar-refractivity contribution is 6.36. The molecule has 1 aromatic rings. The van der Waals surface area contributed by atoms with Crippen molar-refractivity contribution in [3.8, 4) is 0 Å². The van der Waals surface area contributed by atoms with E-state index in [0.717, 1.165) is 0 Å². The number of esters is 1. The smallest absolute Gasteiger partial charge is 0.311 e. The molecule has 2 amide bonds. The maximum absolute atomic E-state index is 11.8. The summed E-state index contributed by atoms with van der Waals surface area (Å²) in [4.78, 5) is 34.7. The number of carbonyl (C=O) groups excluding carboxylic acids is 3. The van der Waals surface area contributed by atoms with Gasteiger partial charge in [0.25, 0.3) is 0 Å². The van der Waals surface area contributed by atoms with Gasteiger partial charge in [0, 0.05) is 23.6 Å². The van der Waals surface area contributed by atoms with Crippen LogP contribution in [0.1, 0.15) is 33.1 Å². The Balaban J connectivity index is 2.38. The second-order valence-electron chi connectivity index (χ2n) is 5.04. The molecule has 0 saturated carbocycles. The van der Waals surface area contributed by atoms with Gasteiger partial charge in [0.05, 0.1) is 23.7 Å². The van der Waals surface area contributed by atoms with Crippen LogP contribution in [0.25, 0.3) is 0 Å². The van der Waals surface area contributed by atoms with Gasteiger partial charge in [-0.25, -0.2) is 5.43 Å². The number of halogens is 2. The number of hydrazone groups is 1. The summed E-state index contributed by atoms with van der Waals surface area (Å²) < 4.78 is 4.77. The van der Waals surface area contributed by atoms with Crippen molar-refractivity contribution in [1.82, 2.24) is 5.43 Å². The van der Waals surface area contributed by atoms with Crippen molar-refractivity contribution in [1.29, 1.82) is 0 Å². The first-order chi connectivity index (χ1) is 11.8. The van der Waals surface area contributed by atoms with E-state index < -0.39 is 11.9 Å². The molecule has 0 unspecified atom stereocenters. The van der Waals surface area contributed by atoms with Crippen molar-refractivity contribution in [3.05, 3.63) is 28.2 Å². The highest BCUT2D eigenvalue weighted by Gasteiger charge is 2.10. The summed E-state index contributed by atoms with van der Waals surface area (Å²) in [5.74, 6) is -1.23. The molecule has 0 aliphatic heterocycles. The number of benzene rings is 1. The van der Waals surface area contributed by atoms with Crippen molar-refractivity contribution in [3.63, 3.8) is 0 Å². The number of amides is 2. The van der Waals surface area contributed by atoms with Gasteiger partial charge >= 0.3 is 5.97 Å². The number of hydrogen-bond donors (Lipinski definition) is 2. The molecule has 0 aliphatic rings. The molecule has 0 saturated heterocycles. The highest BCUT2D eigenvalue weighted by Crippen LogP contribution is 2.25. The number of carbonyl (C=O) groups is 3. The molecular formula is C16H19Cl2N3O4. The quantitative estimate of drug-likeness (QED) is 0.406. The highest BCUT2D eigenvalue weighted by atomic mass is 35.5. The molecule has 7 nitrogen and oxygen atoms in total. The Morgan fingerprint density at radius 3 is 2.48 bits per heavy atom.